The fourth-order valence-corrected chi connectivity index (χ4v) is 2.52. The zero-order valence-corrected chi connectivity index (χ0v) is 14.0. The van der Waals surface area contributed by atoms with Crippen molar-refractivity contribution < 1.29 is 8.91 Å². The van der Waals surface area contributed by atoms with E-state index < -0.39 is 0 Å². The third-order valence-corrected chi connectivity index (χ3v) is 3.96. The largest absolute Gasteiger partial charge is 0.334 e. The second-order valence-corrected chi connectivity index (χ2v) is 5.66. The third-order valence-electron chi connectivity index (χ3n) is 3.96. The zero-order valence-electron chi connectivity index (χ0n) is 14.0. The predicted octanol–water partition coefficient (Wildman–Crippen LogP) is 2.77. The van der Waals surface area contributed by atoms with Crippen LogP contribution in [0.3, 0.4) is 0 Å². The predicted molar refractivity (Wildman–Crippen MR) is 88.4 cm³/mol. The lowest BCUT2D eigenvalue weighted by Crippen LogP contribution is -2.24. The van der Waals surface area contributed by atoms with E-state index in [0.29, 0.717) is 18.1 Å². The van der Waals surface area contributed by atoms with Crippen LogP contribution in [-0.2, 0) is 12.8 Å². The van der Waals surface area contributed by atoms with Crippen LogP contribution in [0.25, 0.3) is 17.1 Å². The maximum atomic E-state index is 13.1. The van der Waals surface area contributed by atoms with Crippen molar-refractivity contribution in [3.05, 3.63) is 47.8 Å². The number of nitrogens with zero attached hydrogens (tertiary/aromatic N) is 4. The minimum atomic E-state index is -0.274. The number of nitrogens with one attached hydrogen (secondary N) is 1. The molecule has 0 saturated carbocycles. The van der Waals surface area contributed by atoms with E-state index in [1.807, 2.05) is 14.0 Å². The van der Waals surface area contributed by atoms with Gasteiger partial charge in [-0.3, -0.25) is 0 Å². The topological polar surface area (TPSA) is 68.8 Å². The molecule has 126 valence electrons. The average Bonchev–Trinajstić information content (AvgIpc) is 3.21. The van der Waals surface area contributed by atoms with E-state index in [0.717, 1.165) is 23.4 Å². The van der Waals surface area contributed by atoms with Gasteiger partial charge in [-0.25, -0.2) is 9.07 Å². The van der Waals surface area contributed by atoms with Crippen LogP contribution >= 0.6 is 0 Å². The van der Waals surface area contributed by atoms with Crippen molar-refractivity contribution in [2.75, 3.05) is 7.05 Å². The Balaban J connectivity index is 1.93. The standard InChI is InChI=1S/C17H20FN5O/c1-4-15-14(17-21-16(22-24-17)9-11(2)19-3)10-20-23(15)13-7-5-12(18)6-8-13/h5-8,10-11,19H,4,9H2,1-3H3. The molecule has 0 fully saturated rings. The SMILES string of the molecule is CCc1c(-c2nc(CC(C)NC)no2)cnn1-c1ccc(F)cc1. The number of rotatable bonds is 6. The molecule has 0 amide bonds. The van der Waals surface area contributed by atoms with Gasteiger partial charge in [0.2, 0.25) is 0 Å². The first-order valence-corrected chi connectivity index (χ1v) is 7.95. The Morgan fingerprint density at radius 1 is 1.29 bits per heavy atom. The van der Waals surface area contributed by atoms with E-state index in [1.165, 1.54) is 12.1 Å². The molecule has 1 unspecified atom stereocenters. The van der Waals surface area contributed by atoms with Crippen molar-refractivity contribution in [2.45, 2.75) is 32.7 Å². The summed E-state index contributed by atoms with van der Waals surface area (Å²) in [6, 6.07) is 6.49. The molecule has 1 atom stereocenters. The van der Waals surface area contributed by atoms with Crippen LogP contribution in [0.2, 0.25) is 0 Å². The summed E-state index contributed by atoms with van der Waals surface area (Å²) in [5, 5.41) is 11.6. The van der Waals surface area contributed by atoms with E-state index in [9.17, 15) is 4.39 Å². The van der Waals surface area contributed by atoms with Crippen LogP contribution in [0.4, 0.5) is 4.39 Å². The molecule has 3 rings (SSSR count). The van der Waals surface area contributed by atoms with E-state index in [-0.39, 0.29) is 11.9 Å². The van der Waals surface area contributed by atoms with E-state index in [1.54, 1.807) is 23.0 Å². The maximum Gasteiger partial charge on any atom is 0.261 e. The number of benzene rings is 1. The summed E-state index contributed by atoms with van der Waals surface area (Å²) in [6.45, 7) is 4.08. The Kier molecular flexibility index (Phi) is 4.71. The van der Waals surface area contributed by atoms with Crippen molar-refractivity contribution >= 4 is 0 Å². The first-order valence-electron chi connectivity index (χ1n) is 7.95. The Bertz CT molecular complexity index is 809. The van der Waals surface area contributed by atoms with Crippen LogP contribution in [0.15, 0.2) is 35.0 Å². The highest BCUT2D eigenvalue weighted by molar-refractivity contribution is 5.57. The van der Waals surface area contributed by atoms with Gasteiger partial charge in [-0.15, -0.1) is 0 Å². The minimum Gasteiger partial charge on any atom is -0.334 e. The van der Waals surface area contributed by atoms with Crippen molar-refractivity contribution in [3.8, 4) is 17.1 Å². The Labute approximate surface area is 139 Å². The number of hydrogen-bond acceptors (Lipinski definition) is 5. The van der Waals surface area contributed by atoms with Crippen LogP contribution in [0, 0.1) is 5.82 Å². The van der Waals surface area contributed by atoms with E-state index in [2.05, 4.69) is 27.5 Å². The van der Waals surface area contributed by atoms with Crippen molar-refractivity contribution in [1.82, 2.24) is 25.2 Å². The molecule has 24 heavy (non-hydrogen) atoms. The van der Waals surface area contributed by atoms with Gasteiger partial charge in [-0.1, -0.05) is 12.1 Å². The molecule has 0 aliphatic heterocycles. The van der Waals surface area contributed by atoms with E-state index in [4.69, 9.17) is 4.52 Å². The van der Waals surface area contributed by atoms with Gasteiger partial charge in [-0.2, -0.15) is 10.1 Å². The maximum absolute atomic E-state index is 13.1. The average molecular weight is 329 g/mol. The van der Waals surface area contributed by atoms with Crippen LogP contribution in [0.5, 0.6) is 0 Å². The molecule has 6 nitrogen and oxygen atoms in total. The molecule has 2 aromatic heterocycles. The summed E-state index contributed by atoms with van der Waals surface area (Å²) in [7, 11) is 1.90. The monoisotopic (exact) mass is 329 g/mol. The van der Waals surface area contributed by atoms with Crippen LogP contribution in [-0.4, -0.2) is 33.0 Å². The lowest BCUT2D eigenvalue weighted by Gasteiger charge is -2.06. The molecule has 3 aromatic rings. The lowest BCUT2D eigenvalue weighted by molar-refractivity contribution is 0.418. The highest BCUT2D eigenvalue weighted by atomic mass is 19.1. The van der Waals surface area contributed by atoms with Gasteiger partial charge in [0.25, 0.3) is 5.89 Å². The molecule has 0 aliphatic carbocycles. The molecule has 2 heterocycles. The second kappa shape index (κ2) is 6.92. The fourth-order valence-electron chi connectivity index (χ4n) is 2.52. The number of hydrogen-bond donors (Lipinski definition) is 1. The third kappa shape index (κ3) is 3.21. The number of aromatic nitrogens is 4. The molecule has 7 heteroatoms. The van der Waals surface area contributed by atoms with Gasteiger partial charge in [0, 0.05) is 12.5 Å². The molecular weight excluding hydrogens is 309 g/mol. The lowest BCUT2D eigenvalue weighted by atomic mass is 10.2. The first kappa shape index (κ1) is 16.3. The molecule has 0 bridgehead atoms. The number of halogens is 1. The van der Waals surface area contributed by atoms with Crippen LogP contribution < -0.4 is 5.32 Å². The van der Waals surface area contributed by atoms with Gasteiger partial charge >= 0.3 is 0 Å². The van der Waals surface area contributed by atoms with Crippen molar-refractivity contribution in [2.24, 2.45) is 0 Å². The summed E-state index contributed by atoms with van der Waals surface area (Å²) < 4.78 is 20.3. The molecule has 0 radical (unpaired) electrons. The molecule has 0 aliphatic rings. The zero-order chi connectivity index (χ0) is 17.1. The highest BCUT2D eigenvalue weighted by Crippen LogP contribution is 2.25. The Morgan fingerprint density at radius 2 is 2.04 bits per heavy atom. The fraction of sp³-hybridized carbons (Fsp3) is 0.353. The summed E-state index contributed by atoms with van der Waals surface area (Å²) in [6.07, 6.45) is 3.13. The smallest absolute Gasteiger partial charge is 0.261 e. The van der Waals surface area contributed by atoms with Gasteiger partial charge in [0.1, 0.15) is 5.82 Å². The number of likely N-dealkylation sites (N-methyl/N-ethyl adjacent to an activating group) is 1. The molecule has 1 N–H and O–H groups in total. The van der Waals surface area contributed by atoms with Crippen molar-refractivity contribution in [1.29, 1.82) is 0 Å². The second-order valence-electron chi connectivity index (χ2n) is 5.66. The van der Waals surface area contributed by atoms with Gasteiger partial charge in [-0.05, 0) is 44.7 Å². The Hall–Kier alpha value is -2.54. The minimum absolute atomic E-state index is 0.267. The van der Waals surface area contributed by atoms with E-state index >= 15 is 0 Å². The quantitative estimate of drug-likeness (QED) is 0.753. The summed E-state index contributed by atoms with van der Waals surface area (Å²) in [4.78, 5) is 4.47. The Morgan fingerprint density at radius 3 is 2.71 bits per heavy atom. The molecule has 1 aromatic carbocycles. The molecular formula is C17H20FN5O. The summed E-state index contributed by atoms with van der Waals surface area (Å²) in [5.74, 6) is 0.839. The van der Waals surface area contributed by atoms with Crippen molar-refractivity contribution in [3.63, 3.8) is 0 Å². The first-order chi connectivity index (χ1) is 11.6. The summed E-state index contributed by atoms with van der Waals surface area (Å²) in [5.41, 5.74) is 2.54. The normalized spacial score (nSPS) is 12.5. The van der Waals surface area contributed by atoms with Gasteiger partial charge in [0.05, 0.1) is 23.1 Å². The summed E-state index contributed by atoms with van der Waals surface area (Å²) >= 11 is 0. The van der Waals surface area contributed by atoms with Gasteiger partial charge < -0.3 is 9.84 Å². The molecule has 0 saturated heterocycles. The highest BCUT2D eigenvalue weighted by Gasteiger charge is 2.18. The van der Waals surface area contributed by atoms with Gasteiger partial charge in [0.15, 0.2) is 5.82 Å². The van der Waals surface area contributed by atoms with Crippen LogP contribution in [0.1, 0.15) is 25.4 Å². The molecule has 0 spiro atoms.